The van der Waals surface area contributed by atoms with Crippen LogP contribution in [0.1, 0.15) is 12.8 Å². The molecule has 0 aromatic heterocycles. The number of amides is 1. The fourth-order valence-corrected chi connectivity index (χ4v) is 1.23. The molecule has 10 heavy (non-hydrogen) atoms. The molecular weight excluding hydrogens is 128 g/mol. The molecule has 0 aromatic rings. The third kappa shape index (κ3) is 1.70. The van der Waals surface area contributed by atoms with Crippen LogP contribution in [0.15, 0.2) is 0 Å². The van der Waals surface area contributed by atoms with Crippen LogP contribution in [-0.4, -0.2) is 37.5 Å². The van der Waals surface area contributed by atoms with Crippen molar-refractivity contribution in [3.8, 4) is 0 Å². The summed E-state index contributed by atoms with van der Waals surface area (Å²) in [5, 5.41) is 2.85. The second kappa shape index (κ2) is 3.56. The summed E-state index contributed by atoms with van der Waals surface area (Å²) in [7, 11) is 1.80. The van der Waals surface area contributed by atoms with E-state index in [1.807, 2.05) is 4.90 Å². The Hall–Kier alpha value is -0.570. The smallest absolute Gasteiger partial charge is 0.236 e. The van der Waals surface area contributed by atoms with Gasteiger partial charge >= 0.3 is 0 Å². The van der Waals surface area contributed by atoms with Crippen molar-refractivity contribution in [1.29, 1.82) is 0 Å². The van der Waals surface area contributed by atoms with Gasteiger partial charge in [0.2, 0.25) is 5.91 Å². The van der Waals surface area contributed by atoms with Crippen molar-refractivity contribution < 1.29 is 4.79 Å². The Morgan fingerprint density at radius 3 is 2.60 bits per heavy atom. The maximum atomic E-state index is 11.1. The summed E-state index contributed by atoms with van der Waals surface area (Å²) in [6.45, 7) is 2.40. The first kappa shape index (κ1) is 7.54. The van der Waals surface area contributed by atoms with Gasteiger partial charge in [-0.3, -0.25) is 4.79 Å². The zero-order chi connectivity index (χ0) is 7.40. The Labute approximate surface area is 61.4 Å². The molecule has 0 bridgehead atoms. The van der Waals surface area contributed by atoms with Crippen LogP contribution < -0.4 is 5.32 Å². The van der Waals surface area contributed by atoms with Gasteiger partial charge < -0.3 is 10.2 Å². The third-order valence-corrected chi connectivity index (χ3v) is 1.79. The quantitative estimate of drug-likeness (QED) is 0.580. The second-order valence-corrected chi connectivity index (χ2v) is 2.62. The molecule has 0 radical (unpaired) electrons. The van der Waals surface area contributed by atoms with Gasteiger partial charge in [-0.2, -0.15) is 0 Å². The van der Waals surface area contributed by atoms with Crippen molar-refractivity contribution in [2.75, 3.05) is 26.7 Å². The lowest BCUT2D eigenvalue weighted by Crippen LogP contribution is -2.34. The lowest BCUT2D eigenvalue weighted by atomic mass is 10.4. The van der Waals surface area contributed by atoms with E-state index in [-0.39, 0.29) is 5.91 Å². The molecular formula is C7H14N2O. The van der Waals surface area contributed by atoms with Crippen molar-refractivity contribution in [2.24, 2.45) is 0 Å². The minimum Gasteiger partial charge on any atom is -0.342 e. The molecule has 3 nitrogen and oxygen atoms in total. The lowest BCUT2D eigenvalue weighted by Gasteiger charge is -2.13. The number of likely N-dealkylation sites (tertiary alicyclic amines) is 1. The summed E-state index contributed by atoms with van der Waals surface area (Å²) < 4.78 is 0. The van der Waals surface area contributed by atoms with Crippen LogP contribution >= 0.6 is 0 Å². The van der Waals surface area contributed by atoms with Gasteiger partial charge in [-0.15, -0.1) is 0 Å². The van der Waals surface area contributed by atoms with Gasteiger partial charge in [-0.25, -0.2) is 0 Å². The van der Waals surface area contributed by atoms with E-state index in [4.69, 9.17) is 0 Å². The predicted octanol–water partition coefficient (Wildman–Crippen LogP) is -0.172. The number of carbonyl (C=O) groups excluding carboxylic acids is 1. The SMILES string of the molecule is CNCC(=O)N1CCCC1. The van der Waals surface area contributed by atoms with Crippen molar-refractivity contribution in [1.82, 2.24) is 10.2 Å². The van der Waals surface area contributed by atoms with Gasteiger partial charge in [0.15, 0.2) is 0 Å². The number of hydrogen-bond donors (Lipinski definition) is 1. The van der Waals surface area contributed by atoms with Gasteiger partial charge in [0.25, 0.3) is 0 Å². The zero-order valence-electron chi connectivity index (χ0n) is 6.39. The summed E-state index contributed by atoms with van der Waals surface area (Å²) in [4.78, 5) is 13.0. The van der Waals surface area contributed by atoms with Crippen molar-refractivity contribution in [3.63, 3.8) is 0 Å². The van der Waals surface area contributed by atoms with Crippen LogP contribution in [0.5, 0.6) is 0 Å². The second-order valence-electron chi connectivity index (χ2n) is 2.62. The van der Waals surface area contributed by atoms with Crippen LogP contribution in [0.3, 0.4) is 0 Å². The highest BCUT2D eigenvalue weighted by Crippen LogP contribution is 2.06. The lowest BCUT2D eigenvalue weighted by molar-refractivity contribution is -0.129. The number of nitrogens with one attached hydrogen (secondary N) is 1. The summed E-state index contributed by atoms with van der Waals surface area (Å²) in [5.41, 5.74) is 0. The number of carbonyl (C=O) groups is 1. The maximum absolute atomic E-state index is 11.1. The topological polar surface area (TPSA) is 32.3 Å². The third-order valence-electron chi connectivity index (χ3n) is 1.79. The van der Waals surface area contributed by atoms with Gasteiger partial charge in [0.05, 0.1) is 6.54 Å². The van der Waals surface area contributed by atoms with Crippen LogP contribution in [0.2, 0.25) is 0 Å². The number of hydrogen-bond acceptors (Lipinski definition) is 2. The van der Waals surface area contributed by atoms with Crippen LogP contribution in [0, 0.1) is 0 Å². The molecule has 0 saturated carbocycles. The van der Waals surface area contributed by atoms with Gasteiger partial charge in [0.1, 0.15) is 0 Å². The predicted molar refractivity (Wildman–Crippen MR) is 39.7 cm³/mol. The Kier molecular flexibility index (Phi) is 2.68. The molecule has 1 fully saturated rings. The molecule has 58 valence electrons. The fraction of sp³-hybridized carbons (Fsp3) is 0.857. The summed E-state index contributed by atoms with van der Waals surface area (Å²) >= 11 is 0. The summed E-state index contributed by atoms with van der Waals surface area (Å²) in [6, 6.07) is 0. The van der Waals surface area contributed by atoms with Crippen molar-refractivity contribution >= 4 is 5.91 Å². The van der Waals surface area contributed by atoms with E-state index >= 15 is 0 Å². The molecule has 1 heterocycles. The Morgan fingerprint density at radius 1 is 1.50 bits per heavy atom. The standard InChI is InChI=1S/C7H14N2O/c1-8-6-7(10)9-4-2-3-5-9/h8H,2-6H2,1H3. The zero-order valence-corrected chi connectivity index (χ0v) is 6.39. The van der Waals surface area contributed by atoms with Gasteiger partial charge in [-0.1, -0.05) is 0 Å². The summed E-state index contributed by atoms with van der Waals surface area (Å²) in [5.74, 6) is 0.236. The molecule has 1 aliphatic heterocycles. The molecule has 0 atom stereocenters. The van der Waals surface area contributed by atoms with Crippen molar-refractivity contribution in [2.45, 2.75) is 12.8 Å². The highest BCUT2D eigenvalue weighted by atomic mass is 16.2. The van der Waals surface area contributed by atoms with E-state index < -0.39 is 0 Å². The average Bonchev–Trinajstić information content (AvgIpc) is 2.38. The Bertz CT molecular complexity index is 119. The molecule has 1 N–H and O–H groups in total. The highest BCUT2D eigenvalue weighted by molar-refractivity contribution is 5.78. The van der Waals surface area contributed by atoms with Gasteiger partial charge in [-0.05, 0) is 19.9 Å². The summed E-state index contributed by atoms with van der Waals surface area (Å²) in [6.07, 6.45) is 2.35. The molecule has 0 aliphatic carbocycles. The molecule has 3 heteroatoms. The first-order valence-electron chi connectivity index (χ1n) is 3.77. The highest BCUT2D eigenvalue weighted by Gasteiger charge is 2.15. The fourth-order valence-electron chi connectivity index (χ4n) is 1.23. The van der Waals surface area contributed by atoms with Gasteiger partial charge in [0, 0.05) is 13.1 Å². The molecule has 1 amide bonds. The van der Waals surface area contributed by atoms with Crippen LogP contribution in [0.4, 0.5) is 0 Å². The number of likely N-dealkylation sites (N-methyl/N-ethyl adjacent to an activating group) is 1. The number of nitrogens with zero attached hydrogens (tertiary/aromatic N) is 1. The molecule has 0 spiro atoms. The Morgan fingerprint density at radius 2 is 2.10 bits per heavy atom. The normalized spacial score (nSPS) is 17.9. The molecule has 1 aliphatic rings. The van der Waals surface area contributed by atoms with E-state index in [0.29, 0.717) is 6.54 Å². The first-order chi connectivity index (χ1) is 4.84. The Balaban J connectivity index is 2.25. The first-order valence-corrected chi connectivity index (χ1v) is 3.77. The van der Waals surface area contributed by atoms with E-state index in [1.54, 1.807) is 7.05 Å². The molecule has 1 saturated heterocycles. The van der Waals surface area contributed by atoms with Crippen molar-refractivity contribution in [3.05, 3.63) is 0 Å². The van der Waals surface area contributed by atoms with E-state index in [0.717, 1.165) is 13.1 Å². The van der Waals surface area contributed by atoms with Crippen LogP contribution in [-0.2, 0) is 4.79 Å². The minimum atomic E-state index is 0.236. The minimum absolute atomic E-state index is 0.236. The van der Waals surface area contributed by atoms with E-state index in [9.17, 15) is 4.79 Å². The van der Waals surface area contributed by atoms with E-state index in [1.165, 1.54) is 12.8 Å². The molecule has 0 unspecified atom stereocenters. The monoisotopic (exact) mass is 142 g/mol. The molecule has 0 aromatic carbocycles. The van der Waals surface area contributed by atoms with E-state index in [2.05, 4.69) is 5.32 Å². The van der Waals surface area contributed by atoms with Crippen LogP contribution in [0.25, 0.3) is 0 Å². The molecule has 1 rings (SSSR count). The largest absolute Gasteiger partial charge is 0.342 e. The maximum Gasteiger partial charge on any atom is 0.236 e. The average molecular weight is 142 g/mol. The number of rotatable bonds is 2.